The summed E-state index contributed by atoms with van der Waals surface area (Å²) in [6, 6.07) is 56.0. The van der Waals surface area contributed by atoms with Crippen molar-refractivity contribution in [2.24, 2.45) is 0 Å². The molecule has 0 aliphatic heterocycles. The molecule has 4 heteroatoms. The van der Waals surface area contributed by atoms with Crippen LogP contribution in [0.3, 0.4) is 0 Å². The Hall–Kier alpha value is -8.21. The standard InChI is InChI=1S/C57H38N4/c1-4-16-39(17-5-1)42-30-32-43(33-31-42)55-58-56(47-25-15-23-45(37-47)41-20-8-3-9-21-41)60-57(59-55)48-34-35-49(46-24-14-22-44(36-46)40-18-6-2-7-19-40)54(38-48)61-52-28-12-10-26-50(52)51-27-11-13-29-53(51)61/h1-38H/i10D,11D,12D,13D,26D,27D,28D,29D. The largest absolute Gasteiger partial charge is 0.309 e. The molecule has 11 rings (SSSR count). The van der Waals surface area contributed by atoms with Gasteiger partial charge in [-0.3, -0.25) is 0 Å². The van der Waals surface area contributed by atoms with Crippen LogP contribution in [0.4, 0.5) is 0 Å². The Kier molecular flexibility index (Phi) is 7.19. The van der Waals surface area contributed by atoms with Crippen LogP contribution in [0.25, 0.3) is 106 Å². The average molecular weight is 787 g/mol. The van der Waals surface area contributed by atoms with E-state index >= 15 is 0 Å². The summed E-state index contributed by atoms with van der Waals surface area (Å²) in [5.74, 6) is 1.14. The van der Waals surface area contributed by atoms with Crippen LogP contribution in [-0.4, -0.2) is 19.5 Å². The number of nitrogens with zero attached hydrogens (tertiary/aromatic N) is 4. The third kappa shape index (κ3) is 6.86. The van der Waals surface area contributed by atoms with Crippen molar-refractivity contribution in [1.29, 1.82) is 0 Å². The zero-order valence-corrected chi connectivity index (χ0v) is 32.6. The highest BCUT2D eigenvalue weighted by atomic mass is 15.0. The highest BCUT2D eigenvalue weighted by Gasteiger charge is 2.19. The first-order valence-corrected chi connectivity index (χ1v) is 19.9. The summed E-state index contributed by atoms with van der Waals surface area (Å²) in [6.45, 7) is 0. The lowest BCUT2D eigenvalue weighted by atomic mass is 9.96. The van der Waals surface area contributed by atoms with Crippen LogP contribution in [0.15, 0.2) is 230 Å². The molecule has 11 aromatic rings. The number of hydrogen-bond donors (Lipinski definition) is 0. The number of aromatic nitrogens is 4. The summed E-state index contributed by atoms with van der Waals surface area (Å²) in [4.78, 5) is 15.3. The van der Waals surface area contributed by atoms with E-state index in [9.17, 15) is 2.74 Å². The SMILES string of the molecule is [2H]c1c([2H])c([2H])c2c(c1[2H])c1c([2H])c([2H])c([2H])c([2H])c1n2-c1cc(-c2nc(-c3ccc(-c4ccccc4)cc3)nc(-c3cccc(-c4ccccc4)c3)n2)ccc1-c1cccc(-c2ccccc2)c1. The molecule has 0 atom stereocenters. The van der Waals surface area contributed by atoms with Crippen LogP contribution in [0.2, 0.25) is 0 Å². The van der Waals surface area contributed by atoms with Gasteiger partial charge < -0.3 is 4.57 Å². The van der Waals surface area contributed by atoms with Crippen LogP contribution in [-0.2, 0) is 0 Å². The number of para-hydroxylation sites is 2. The molecule has 0 radical (unpaired) electrons. The maximum atomic E-state index is 9.37. The Morgan fingerprint density at radius 1 is 0.311 bits per heavy atom. The van der Waals surface area contributed by atoms with Gasteiger partial charge in [-0.05, 0) is 69.2 Å². The highest BCUT2D eigenvalue weighted by Crippen LogP contribution is 2.39. The average Bonchev–Trinajstić information content (AvgIpc) is 3.78. The van der Waals surface area contributed by atoms with Gasteiger partial charge in [0.2, 0.25) is 0 Å². The summed E-state index contributed by atoms with van der Waals surface area (Å²) in [5, 5.41) is -0.0289. The maximum absolute atomic E-state index is 9.37. The van der Waals surface area contributed by atoms with E-state index in [0.29, 0.717) is 34.3 Å². The second kappa shape index (κ2) is 15.5. The lowest BCUT2D eigenvalue weighted by Crippen LogP contribution is -2.02. The molecule has 0 amide bonds. The summed E-state index contributed by atoms with van der Waals surface area (Å²) in [5.41, 5.74) is 9.83. The monoisotopic (exact) mass is 786 g/mol. The van der Waals surface area contributed by atoms with Gasteiger partial charge in [0, 0.05) is 33.0 Å². The third-order valence-electron chi connectivity index (χ3n) is 10.9. The molecule has 0 saturated heterocycles. The van der Waals surface area contributed by atoms with Gasteiger partial charge in [0.25, 0.3) is 0 Å². The van der Waals surface area contributed by atoms with Gasteiger partial charge in [0.1, 0.15) is 0 Å². The Bertz CT molecular complexity index is 3730. The second-order valence-corrected chi connectivity index (χ2v) is 14.7. The minimum Gasteiger partial charge on any atom is -0.309 e. The molecule has 61 heavy (non-hydrogen) atoms. The highest BCUT2D eigenvalue weighted by molar-refractivity contribution is 6.10. The molecule has 4 nitrogen and oxygen atoms in total. The first kappa shape index (κ1) is 28.3. The van der Waals surface area contributed by atoms with Crippen molar-refractivity contribution in [3.63, 3.8) is 0 Å². The predicted molar refractivity (Wildman–Crippen MR) is 252 cm³/mol. The lowest BCUT2D eigenvalue weighted by Gasteiger charge is -2.17. The zero-order chi connectivity index (χ0) is 47.5. The molecular formula is C57H38N4. The molecule has 0 aliphatic rings. The molecule has 2 aromatic heterocycles. The van der Waals surface area contributed by atoms with Crippen molar-refractivity contribution in [3.8, 4) is 84.4 Å². The van der Waals surface area contributed by atoms with Crippen LogP contribution < -0.4 is 0 Å². The van der Waals surface area contributed by atoms with E-state index in [1.165, 1.54) is 0 Å². The normalized spacial score (nSPS) is 13.1. The van der Waals surface area contributed by atoms with Gasteiger partial charge >= 0.3 is 0 Å². The van der Waals surface area contributed by atoms with Gasteiger partial charge in [-0.15, -0.1) is 0 Å². The zero-order valence-electron chi connectivity index (χ0n) is 40.6. The molecule has 0 fully saturated rings. The smallest absolute Gasteiger partial charge is 0.164 e. The van der Waals surface area contributed by atoms with Crippen LogP contribution >= 0.6 is 0 Å². The van der Waals surface area contributed by atoms with E-state index in [2.05, 4.69) is 12.1 Å². The summed E-state index contributed by atoms with van der Waals surface area (Å²) in [7, 11) is 0. The van der Waals surface area contributed by atoms with E-state index in [-0.39, 0.29) is 21.8 Å². The van der Waals surface area contributed by atoms with Gasteiger partial charge in [-0.25, -0.2) is 15.0 Å². The molecule has 0 saturated carbocycles. The molecule has 0 N–H and O–H groups in total. The molecule has 0 bridgehead atoms. The fourth-order valence-corrected chi connectivity index (χ4v) is 7.93. The van der Waals surface area contributed by atoms with Crippen LogP contribution in [0.5, 0.6) is 0 Å². The first-order chi connectivity index (χ1) is 33.5. The van der Waals surface area contributed by atoms with Gasteiger partial charge in [0.15, 0.2) is 17.5 Å². The topological polar surface area (TPSA) is 43.6 Å². The Balaban J connectivity index is 1.20. The quantitative estimate of drug-likeness (QED) is 0.154. The number of rotatable bonds is 8. The second-order valence-electron chi connectivity index (χ2n) is 14.7. The molecular weight excluding hydrogens is 741 g/mol. The summed E-state index contributed by atoms with van der Waals surface area (Å²) < 4.78 is 73.7. The van der Waals surface area contributed by atoms with Gasteiger partial charge in [-0.1, -0.05) is 200 Å². The Labute approximate surface area is 366 Å². The summed E-state index contributed by atoms with van der Waals surface area (Å²) >= 11 is 0. The molecule has 286 valence electrons. The fourth-order valence-electron chi connectivity index (χ4n) is 7.93. The van der Waals surface area contributed by atoms with Crippen molar-refractivity contribution < 1.29 is 11.0 Å². The summed E-state index contributed by atoms with van der Waals surface area (Å²) in [6.07, 6.45) is 0. The fraction of sp³-hybridized carbons (Fsp3) is 0. The van der Waals surface area contributed by atoms with Crippen molar-refractivity contribution in [1.82, 2.24) is 19.5 Å². The minimum atomic E-state index is -0.512. The maximum Gasteiger partial charge on any atom is 0.164 e. The van der Waals surface area contributed by atoms with E-state index in [4.69, 9.17) is 23.2 Å². The van der Waals surface area contributed by atoms with E-state index in [1.807, 2.05) is 170 Å². The molecule has 0 spiro atoms. The Morgan fingerprint density at radius 3 is 1.25 bits per heavy atom. The van der Waals surface area contributed by atoms with Gasteiger partial charge in [-0.2, -0.15) is 0 Å². The number of benzene rings is 9. The van der Waals surface area contributed by atoms with E-state index in [0.717, 1.165) is 50.1 Å². The van der Waals surface area contributed by atoms with Gasteiger partial charge in [0.05, 0.1) is 27.7 Å². The number of fused-ring (bicyclic) bond motifs is 3. The third-order valence-corrected chi connectivity index (χ3v) is 10.9. The predicted octanol–water partition coefficient (Wildman–Crippen LogP) is 14.6. The molecule has 0 unspecified atom stereocenters. The first-order valence-electron chi connectivity index (χ1n) is 23.9. The molecule has 0 aliphatic carbocycles. The molecule has 2 heterocycles. The van der Waals surface area contributed by atoms with Crippen LogP contribution in [0, 0.1) is 0 Å². The van der Waals surface area contributed by atoms with Crippen molar-refractivity contribution in [2.45, 2.75) is 0 Å². The Morgan fingerprint density at radius 2 is 0.689 bits per heavy atom. The van der Waals surface area contributed by atoms with E-state index < -0.39 is 48.3 Å². The number of hydrogen-bond acceptors (Lipinski definition) is 3. The lowest BCUT2D eigenvalue weighted by molar-refractivity contribution is 1.07. The van der Waals surface area contributed by atoms with Crippen molar-refractivity contribution in [3.05, 3.63) is 230 Å². The van der Waals surface area contributed by atoms with Crippen molar-refractivity contribution in [2.75, 3.05) is 0 Å². The van der Waals surface area contributed by atoms with Crippen molar-refractivity contribution >= 4 is 21.8 Å². The minimum absolute atomic E-state index is 0.00821. The molecule has 9 aromatic carbocycles. The van der Waals surface area contributed by atoms with Crippen LogP contribution in [0.1, 0.15) is 11.0 Å². The van der Waals surface area contributed by atoms with E-state index in [1.54, 1.807) is 4.57 Å².